The van der Waals surface area contributed by atoms with E-state index in [1.165, 1.54) is 0 Å². The van der Waals surface area contributed by atoms with Gasteiger partial charge >= 0.3 is 0 Å². The third-order valence-corrected chi connectivity index (χ3v) is 5.82. The summed E-state index contributed by atoms with van der Waals surface area (Å²) in [5, 5.41) is 13.4. The summed E-state index contributed by atoms with van der Waals surface area (Å²) in [4.78, 5) is 27.0. The molecule has 6 aromatic heterocycles. The van der Waals surface area contributed by atoms with Gasteiger partial charge in [-0.15, -0.1) is 0 Å². The maximum atomic E-state index is 13.5. The number of hydrogen-bond donors (Lipinski definition) is 1. The highest BCUT2D eigenvalue weighted by Gasteiger charge is 2.19. The zero-order chi connectivity index (χ0) is 23.9. The number of anilines is 1. The second kappa shape index (κ2) is 8.17. The first-order valence-electron chi connectivity index (χ1n) is 11.0. The molecular weight excluding hydrogens is 444 g/mol. The SMILES string of the molecule is Cc1nn(C)c2ncc(NC(=O)c3cc(-c4cccnc4)nc4c3cnn4Cc3ccco3)cc12. The van der Waals surface area contributed by atoms with E-state index in [4.69, 9.17) is 9.40 Å². The normalized spacial score (nSPS) is 11.4. The van der Waals surface area contributed by atoms with Gasteiger partial charge in [0.2, 0.25) is 0 Å². The first kappa shape index (κ1) is 20.7. The molecule has 10 nitrogen and oxygen atoms in total. The predicted molar refractivity (Wildman–Crippen MR) is 130 cm³/mol. The summed E-state index contributed by atoms with van der Waals surface area (Å²) in [6.07, 6.45) is 8.30. The molecule has 0 aliphatic carbocycles. The average molecular weight is 464 g/mol. The molecular formula is C25H20N8O2. The van der Waals surface area contributed by atoms with Crippen molar-refractivity contribution in [2.75, 3.05) is 5.32 Å². The molecule has 35 heavy (non-hydrogen) atoms. The fraction of sp³-hybridized carbons (Fsp3) is 0.120. The zero-order valence-electron chi connectivity index (χ0n) is 19.0. The summed E-state index contributed by atoms with van der Waals surface area (Å²) in [7, 11) is 1.84. The summed E-state index contributed by atoms with van der Waals surface area (Å²) in [5.41, 5.74) is 4.61. The third-order valence-electron chi connectivity index (χ3n) is 5.82. The number of aromatic nitrogens is 7. The number of fused-ring (bicyclic) bond motifs is 2. The molecule has 0 atom stereocenters. The van der Waals surface area contributed by atoms with Gasteiger partial charge in [-0.1, -0.05) is 0 Å². The molecule has 0 radical (unpaired) electrons. The number of nitrogens with zero attached hydrogens (tertiary/aromatic N) is 7. The molecule has 0 unspecified atom stereocenters. The summed E-state index contributed by atoms with van der Waals surface area (Å²) in [6, 6.07) is 11.1. The molecule has 6 aromatic rings. The quantitative estimate of drug-likeness (QED) is 0.410. The Balaban J connectivity index is 1.44. The van der Waals surface area contributed by atoms with Crippen molar-refractivity contribution in [1.29, 1.82) is 0 Å². The van der Waals surface area contributed by atoms with Gasteiger partial charge < -0.3 is 9.73 Å². The van der Waals surface area contributed by atoms with Gasteiger partial charge in [-0.3, -0.25) is 14.5 Å². The second-order valence-electron chi connectivity index (χ2n) is 8.17. The Morgan fingerprint density at radius 3 is 2.80 bits per heavy atom. The van der Waals surface area contributed by atoms with Crippen LogP contribution in [-0.2, 0) is 13.6 Å². The lowest BCUT2D eigenvalue weighted by molar-refractivity contribution is 0.102. The molecule has 0 saturated heterocycles. The third kappa shape index (κ3) is 3.70. The van der Waals surface area contributed by atoms with Crippen LogP contribution < -0.4 is 5.32 Å². The van der Waals surface area contributed by atoms with Crippen molar-refractivity contribution >= 4 is 33.7 Å². The molecule has 172 valence electrons. The van der Waals surface area contributed by atoms with E-state index in [1.54, 1.807) is 46.5 Å². The lowest BCUT2D eigenvalue weighted by Crippen LogP contribution is -2.13. The Bertz CT molecular complexity index is 1680. The fourth-order valence-corrected chi connectivity index (χ4v) is 4.14. The van der Waals surface area contributed by atoms with Crippen LogP contribution in [0.2, 0.25) is 0 Å². The second-order valence-corrected chi connectivity index (χ2v) is 8.17. The van der Waals surface area contributed by atoms with Crippen molar-refractivity contribution in [1.82, 2.24) is 34.5 Å². The predicted octanol–water partition coefficient (Wildman–Crippen LogP) is 3.98. The topological polar surface area (TPSA) is 117 Å². The summed E-state index contributed by atoms with van der Waals surface area (Å²) in [6.45, 7) is 2.30. The number of hydrogen-bond acceptors (Lipinski definition) is 7. The zero-order valence-corrected chi connectivity index (χ0v) is 19.0. The van der Waals surface area contributed by atoms with E-state index in [2.05, 4.69) is 25.5 Å². The Kier molecular flexibility index (Phi) is 4.84. The van der Waals surface area contributed by atoms with E-state index >= 15 is 0 Å². The van der Waals surface area contributed by atoms with Gasteiger partial charge in [-0.05, 0) is 43.3 Å². The van der Waals surface area contributed by atoms with E-state index < -0.39 is 0 Å². The van der Waals surface area contributed by atoms with E-state index in [0.29, 0.717) is 34.5 Å². The minimum absolute atomic E-state index is 0.289. The first-order chi connectivity index (χ1) is 17.1. The van der Waals surface area contributed by atoms with E-state index in [9.17, 15) is 4.79 Å². The Morgan fingerprint density at radius 1 is 1.09 bits per heavy atom. The van der Waals surface area contributed by atoms with Crippen LogP contribution in [0.4, 0.5) is 5.69 Å². The highest BCUT2D eigenvalue weighted by atomic mass is 16.3. The summed E-state index contributed by atoms with van der Waals surface area (Å²) < 4.78 is 8.92. The maximum Gasteiger partial charge on any atom is 0.256 e. The van der Waals surface area contributed by atoms with Gasteiger partial charge in [0.25, 0.3) is 5.91 Å². The van der Waals surface area contributed by atoms with E-state index in [0.717, 1.165) is 28.1 Å². The van der Waals surface area contributed by atoms with Crippen molar-refractivity contribution in [2.24, 2.45) is 7.05 Å². The Morgan fingerprint density at radius 2 is 2.00 bits per heavy atom. The van der Waals surface area contributed by atoms with Crippen LogP contribution in [0.3, 0.4) is 0 Å². The van der Waals surface area contributed by atoms with Gasteiger partial charge in [0.1, 0.15) is 12.3 Å². The molecule has 6 heterocycles. The summed E-state index contributed by atoms with van der Waals surface area (Å²) >= 11 is 0. The average Bonchev–Trinajstić information content (AvgIpc) is 3.60. The Hall–Kier alpha value is -4.86. The lowest BCUT2D eigenvalue weighted by atomic mass is 10.1. The number of amides is 1. The van der Waals surface area contributed by atoms with Crippen LogP contribution >= 0.6 is 0 Å². The van der Waals surface area contributed by atoms with Crippen molar-refractivity contribution < 1.29 is 9.21 Å². The van der Waals surface area contributed by atoms with E-state index in [-0.39, 0.29) is 5.91 Å². The van der Waals surface area contributed by atoms with Crippen LogP contribution in [0.1, 0.15) is 21.8 Å². The molecule has 6 rings (SSSR count). The van der Waals surface area contributed by atoms with Crippen molar-refractivity contribution in [3.8, 4) is 11.3 Å². The molecule has 10 heteroatoms. The van der Waals surface area contributed by atoms with Crippen molar-refractivity contribution in [3.63, 3.8) is 0 Å². The van der Waals surface area contributed by atoms with Crippen LogP contribution in [0.25, 0.3) is 33.3 Å². The highest BCUT2D eigenvalue weighted by Crippen LogP contribution is 2.26. The number of aryl methyl sites for hydroxylation is 2. The number of rotatable bonds is 5. The van der Waals surface area contributed by atoms with Crippen LogP contribution in [-0.4, -0.2) is 40.4 Å². The standard InChI is InChI=1S/C25H20N8O2/c1-15-19-9-17(12-27-23(19)32(2)31-15)29-25(34)20-10-22(16-5-3-7-26-11-16)30-24-21(20)13-28-33(24)14-18-6-4-8-35-18/h3-13H,14H2,1-2H3,(H,29,34). The maximum absolute atomic E-state index is 13.5. The van der Waals surface area contributed by atoms with Crippen molar-refractivity contribution in [2.45, 2.75) is 13.5 Å². The molecule has 0 saturated carbocycles. The number of carbonyl (C=O) groups is 1. The first-order valence-corrected chi connectivity index (χ1v) is 11.0. The number of nitrogens with one attached hydrogen (secondary N) is 1. The number of pyridine rings is 3. The minimum atomic E-state index is -0.289. The largest absolute Gasteiger partial charge is 0.467 e. The van der Waals surface area contributed by atoms with Gasteiger partial charge in [0.15, 0.2) is 11.3 Å². The highest BCUT2D eigenvalue weighted by molar-refractivity contribution is 6.13. The van der Waals surface area contributed by atoms with Crippen LogP contribution in [0.15, 0.2) is 71.9 Å². The van der Waals surface area contributed by atoms with Crippen LogP contribution in [0.5, 0.6) is 0 Å². The summed E-state index contributed by atoms with van der Waals surface area (Å²) in [5.74, 6) is 0.448. The fourth-order valence-electron chi connectivity index (χ4n) is 4.14. The molecule has 0 spiro atoms. The lowest BCUT2D eigenvalue weighted by Gasteiger charge is -2.10. The number of furan rings is 1. The molecule has 0 aromatic carbocycles. The smallest absolute Gasteiger partial charge is 0.256 e. The minimum Gasteiger partial charge on any atom is -0.467 e. The molecule has 0 bridgehead atoms. The van der Waals surface area contributed by atoms with Gasteiger partial charge in [0, 0.05) is 30.4 Å². The van der Waals surface area contributed by atoms with Gasteiger partial charge in [0.05, 0.1) is 46.7 Å². The molecule has 0 aliphatic rings. The van der Waals surface area contributed by atoms with Crippen LogP contribution in [0, 0.1) is 6.92 Å². The van der Waals surface area contributed by atoms with Gasteiger partial charge in [-0.25, -0.2) is 14.6 Å². The molecule has 0 aliphatic heterocycles. The Labute approximate surface area is 199 Å². The van der Waals surface area contributed by atoms with Gasteiger partial charge in [-0.2, -0.15) is 10.2 Å². The van der Waals surface area contributed by atoms with E-state index in [1.807, 2.05) is 44.3 Å². The number of carbonyl (C=O) groups excluding carboxylic acids is 1. The molecule has 1 N–H and O–H groups in total. The monoisotopic (exact) mass is 464 g/mol. The molecule has 1 amide bonds. The van der Waals surface area contributed by atoms with Crippen molar-refractivity contribution in [3.05, 3.63) is 84.5 Å². The molecule has 0 fully saturated rings.